The Kier molecular flexibility index (Phi) is 4.74. The van der Waals surface area contributed by atoms with E-state index in [4.69, 9.17) is 9.84 Å². The lowest BCUT2D eigenvalue weighted by Gasteiger charge is -2.30. The summed E-state index contributed by atoms with van der Waals surface area (Å²) in [5, 5.41) is 9.14. The molecule has 1 amide bonds. The molecule has 1 N–H and O–H groups in total. The second-order valence-electron chi connectivity index (χ2n) is 5.72. The van der Waals surface area contributed by atoms with Crippen molar-refractivity contribution in [3.05, 3.63) is 54.4 Å². The van der Waals surface area contributed by atoms with E-state index in [-0.39, 0.29) is 18.1 Å². The van der Waals surface area contributed by atoms with E-state index in [2.05, 4.69) is 4.98 Å². The van der Waals surface area contributed by atoms with Gasteiger partial charge in [-0.25, -0.2) is 0 Å². The molecule has 1 unspecified atom stereocenters. The molecule has 0 radical (unpaired) electrons. The number of para-hydroxylation sites is 1. The number of carbonyl (C=O) groups is 2. The van der Waals surface area contributed by atoms with Crippen molar-refractivity contribution in [1.82, 2.24) is 9.88 Å². The average Bonchev–Trinajstić information content (AvgIpc) is 2.62. The number of carboxylic acid groups (broad SMARTS) is 1. The fourth-order valence-electron chi connectivity index (χ4n) is 2.74. The Bertz CT molecular complexity index is 733. The molecule has 2 heterocycles. The summed E-state index contributed by atoms with van der Waals surface area (Å²) in [4.78, 5) is 29.4. The molecule has 1 aliphatic rings. The first-order chi connectivity index (χ1) is 11.6. The lowest BCUT2D eigenvalue weighted by molar-refractivity contribution is -0.143. The van der Waals surface area contributed by atoms with E-state index in [9.17, 15) is 9.59 Å². The first-order valence-electron chi connectivity index (χ1n) is 7.84. The summed E-state index contributed by atoms with van der Waals surface area (Å²) in [6.07, 6.45) is 2.80. The Morgan fingerprint density at radius 3 is 2.71 bits per heavy atom. The molecular formula is C18H18N2O4. The first-order valence-corrected chi connectivity index (χ1v) is 7.84. The van der Waals surface area contributed by atoms with E-state index < -0.39 is 11.9 Å². The molecule has 6 nitrogen and oxygen atoms in total. The number of likely N-dealkylation sites (tertiary alicyclic amines) is 1. The Labute approximate surface area is 139 Å². The maximum Gasteiger partial charge on any atom is 0.308 e. The topological polar surface area (TPSA) is 79.7 Å². The number of piperidine rings is 1. The smallest absolute Gasteiger partial charge is 0.308 e. The third-order valence-corrected chi connectivity index (χ3v) is 3.99. The number of hydrogen-bond acceptors (Lipinski definition) is 4. The molecule has 0 bridgehead atoms. The van der Waals surface area contributed by atoms with E-state index in [1.807, 2.05) is 30.3 Å². The molecule has 0 aliphatic carbocycles. The average molecular weight is 326 g/mol. The number of carboxylic acids is 1. The summed E-state index contributed by atoms with van der Waals surface area (Å²) in [6.45, 7) is 0.772. The molecule has 1 atom stereocenters. The van der Waals surface area contributed by atoms with Crippen LogP contribution in [0.5, 0.6) is 11.5 Å². The van der Waals surface area contributed by atoms with Gasteiger partial charge in [-0.3, -0.25) is 14.6 Å². The standard InChI is InChI=1S/C18H18N2O4/c21-17(20-10-4-5-13(12-20)18(22)23)16-11-15(8-9-19-16)24-14-6-2-1-3-7-14/h1-3,6-9,11,13H,4-5,10,12H2,(H,22,23). The number of rotatable bonds is 4. The van der Waals surface area contributed by atoms with Crippen molar-refractivity contribution in [2.75, 3.05) is 13.1 Å². The Hall–Kier alpha value is -2.89. The van der Waals surface area contributed by atoms with E-state index in [1.165, 1.54) is 6.20 Å². The highest BCUT2D eigenvalue weighted by atomic mass is 16.5. The minimum atomic E-state index is -0.860. The normalized spacial score (nSPS) is 17.3. The van der Waals surface area contributed by atoms with Crippen LogP contribution in [0.2, 0.25) is 0 Å². The number of ether oxygens (including phenoxy) is 1. The fraction of sp³-hybridized carbons (Fsp3) is 0.278. The maximum absolute atomic E-state index is 12.6. The third-order valence-electron chi connectivity index (χ3n) is 3.99. The Balaban J connectivity index is 1.73. The molecule has 1 fully saturated rings. The van der Waals surface area contributed by atoms with Crippen molar-refractivity contribution in [3.8, 4) is 11.5 Å². The number of amides is 1. The summed E-state index contributed by atoms with van der Waals surface area (Å²) in [5.74, 6) is -0.440. The van der Waals surface area contributed by atoms with Crippen LogP contribution in [0, 0.1) is 5.92 Å². The lowest BCUT2D eigenvalue weighted by Crippen LogP contribution is -2.42. The number of aromatic nitrogens is 1. The third kappa shape index (κ3) is 3.71. The SMILES string of the molecule is O=C(O)C1CCCN(C(=O)c2cc(Oc3ccccc3)ccn2)C1. The summed E-state index contributed by atoms with van der Waals surface area (Å²) >= 11 is 0. The van der Waals surface area contributed by atoms with Crippen LogP contribution in [0.25, 0.3) is 0 Å². The van der Waals surface area contributed by atoms with E-state index >= 15 is 0 Å². The van der Waals surface area contributed by atoms with Crippen LogP contribution in [0.15, 0.2) is 48.7 Å². The minimum Gasteiger partial charge on any atom is -0.481 e. The van der Waals surface area contributed by atoms with Gasteiger partial charge in [-0.1, -0.05) is 18.2 Å². The van der Waals surface area contributed by atoms with Gasteiger partial charge in [0.05, 0.1) is 5.92 Å². The quantitative estimate of drug-likeness (QED) is 0.934. The van der Waals surface area contributed by atoms with Gasteiger partial charge in [0.2, 0.25) is 0 Å². The predicted molar refractivity (Wildman–Crippen MR) is 87.0 cm³/mol. The van der Waals surface area contributed by atoms with Crippen LogP contribution >= 0.6 is 0 Å². The minimum absolute atomic E-state index is 0.222. The Morgan fingerprint density at radius 1 is 1.17 bits per heavy atom. The molecule has 124 valence electrons. The monoisotopic (exact) mass is 326 g/mol. The largest absolute Gasteiger partial charge is 0.481 e. The number of nitrogens with zero attached hydrogens (tertiary/aromatic N) is 2. The number of pyridine rings is 1. The lowest BCUT2D eigenvalue weighted by atomic mass is 9.98. The number of carbonyl (C=O) groups excluding carboxylic acids is 1. The maximum atomic E-state index is 12.6. The van der Waals surface area contributed by atoms with E-state index in [0.717, 1.165) is 0 Å². The molecule has 1 aliphatic heterocycles. The van der Waals surface area contributed by atoms with Crippen molar-refractivity contribution in [1.29, 1.82) is 0 Å². The highest BCUT2D eigenvalue weighted by Gasteiger charge is 2.29. The van der Waals surface area contributed by atoms with Crippen LogP contribution in [0.1, 0.15) is 23.3 Å². The summed E-state index contributed by atoms with van der Waals surface area (Å²) < 4.78 is 5.71. The van der Waals surface area contributed by atoms with Crippen molar-refractivity contribution in [2.45, 2.75) is 12.8 Å². The highest BCUT2D eigenvalue weighted by Crippen LogP contribution is 2.23. The molecule has 2 aromatic rings. The van der Waals surface area contributed by atoms with Gasteiger partial charge in [0, 0.05) is 25.4 Å². The van der Waals surface area contributed by atoms with Gasteiger partial charge in [0.15, 0.2) is 0 Å². The van der Waals surface area contributed by atoms with Gasteiger partial charge in [0.25, 0.3) is 5.91 Å². The highest BCUT2D eigenvalue weighted by molar-refractivity contribution is 5.93. The molecule has 0 saturated carbocycles. The molecule has 1 aromatic carbocycles. The van der Waals surface area contributed by atoms with E-state index in [1.54, 1.807) is 17.0 Å². The molecular weight excluding hydrogens is 308 g/mol. The Morgan fingerprint density at radius 2 is 1.96 bits per heavy atom. The van der Waals surface area contributed by atoms with Gasteiger partial charge in [0.1, 0.15) is 17.2 Å². The van der Waals surface area contributed by atoms with Gasteiger partial charge in [-0.15, -0.1) is 0 Å². The zero-order valence-electron chi connectivity index (χ0n) is 13.1. The molecule has 6 heteroatoms. The molecule has 0 spiro atoms. The van der Waals surface area contributed by atoms with Crippen LogP contribution in [-0.4, -0.2) is 40.0 Å². The molecule has 24 heavy (non-hydrogen) atoms. The summed E-state index contributed by atoms with van der Waals surface area (Å²) in [6, 6.07) is 12.5. The number of hydrogen-bond donors (Lipinski definition) is 1. The van der Waals surface area contributed by atoms with Crippen LogP contribution in [0.4, 0.5) is 0 Å². The zero-order chi connectivity index (χ0) is 16.9. The molecule has 1 saturated heterocycles. The van der Waals surface area contributed by atoms with Crippen molar-refractivity contribution >= 4 is 11.9 Å². The second kappa shape index (κ2) is 7.12. The fourth-order valence-corrected chi connectivity index (χ4v) is 2.74. The van der Waals surface area contributed by atoms with Crippen molar-refractivity contribution in [3.63, 3.8) is 0 Å². The second-order valence-corrected chi connectivity index (χ2v) is 5.72. The number of benzene rings is 1. The van der Waals surface area contributed by atoms with Crippen LogP contribution in [-0.2, 0) is 4.79 Å². The first kappa shape index (κ1) is 16.0. The molecule has 1 aromatic heterocycles. The van der Waals surface area contributed by atoms with Crippen molar-refractivity contribution in [2.24, 2.45) is 5.92 Å². The van der Waals surface area contributed by atoms with Gasteiger partial charge in [-0.2, -0.15) is 0 Å². The number of aliphatic carboxylic acids is 1. The predicted octanol–water partition coefficient (Wildman–Crippen LogP) is 2.81. The van der Waals surface area contributed by atoms with Gasteiger partial charge < -0.3 is 14.7 Å². The van der Waals surface area contributed by atoms with Crippen LogP contribution < -0.4 is 4.74 Å². The van der Waals surface area contributed by atoms with Gasteiger partial charge in [-0.05, 0) is 31.0 Å². The summed E-state index contributed by atoms with van der Waals surface area (Å²) in [5.41, 5.74) is 0.259. The van der Waals surface area contributed by atoms with E-state index in [0.29, 0.717) is 30.9 Å². The van der Waals surface area contributed by atoms with Crippen LogP contribution in [0.3, 0.4) is 0 Å². The summed E-state index contributed by atoms with van der Waals surface area (Å²) in [7, 11) is 0. The molecule has 3 rings (SSSR count). The van der Waals surface area contributed by atoms with Gasteiger partial charge >= 0.3 is 5.97 Å². The zero-order valence-corrected chi connectivity index (χ0v) is 13.1. The van der Waals surface area contributed by atoms with Crippen molar-refractivity contribution < 1.29 is 19.4 Å².